The van der Waals surface area contributed by atoms with Crippen molar-refractivity contribution >= 4 is 0 Å². The van der Waals surface area contributed by atoms with Gasteiger partial charge in [-0.3, -0.25) is 4.90 Å². The maximum atomic E-state index is 12.7. The van der Waals surface area contributed by atoms with Crippen LogP contribution in [-0.2, 0) is 19.3 Å². The fraction of sp³-hybridized carbons (Fsp3) is 0.300. The first kappa shape index (κ1) is 22.5. The minimum Gasteiger partial charge on any atom is -0.493 e. The molecule has 0 spiro atoms. The normalized spacial score (nSPS) is 11.9. The average Bonchev–Trinajstić information content (AvgIpc) is 3.16. The average molecular weight is 443 g/mol. The monoisotopic (exact) mass is 443 g/mol. The Labute approximate surface area is 174 Å². The molecular formula is C20H18F5N3O3. The molecule has 6 nitrogen and oxygen atoms in total. The maximum absolute atomic E-state index is 12.7. The number of hydrogen-bond acceptors (Lipinski definition) is 6. The lowest BCUT2D eigenvalue weighted by Gasteiger charge is -2.16. The van der Waals surface area contributed by atoms with E-state index in [4.69, 9.17) is 9.26 Å². The van der Waals surface area contributed by atoms with E-state index in [2.05, 4.69) is 14.9 Å². The molecule has 3 rings (SSSR count). The fourth-order valence-electron chi connectivity index (χ4n) is 2.85. The van der Waals surface area contributed by atoms with Crippen LogP contribution in [0.25, 0.3) is 11.4 Å². The summed E-state index contributed by atoms with van der Waals surface area (Å²) in [7, 11) is 3.13. The van der Waals surface area contributed by atoms with Crippen LogP contribution in [0.15, 0.2) is 47.0 Å². The van der Waals surface area contributed by atoms with Crippen molar-refractivity contribution in [3.8, 4) is 22.9 Å². The van der Waals surface area contributed by atoms with Crippen LogP contribution in [-0.4, -0.2) is 35.8 Å². The van der Waals surface area contributed by atoms with Gasteiger partial charge in [-0.25, -0.2) is 0 Å². The summed E-state index contributed by atoms with van der Waals surface area (Å²) in [6, 6.07) is 9.04. The molecule has 0 unspecified atom stereocenters. The van der Waals surface area contributed by atoms with Crippen molar-refractivity contribution in [1.29, 1.82) is 0 Å². The third-order valence-electron chi connectivity index (χ3n) is 4.24. The number of halogens is 5. The van der Waals surface area contributed by atoms with Gasteiger partial charge in [0.2, 0.25) is 11.7 Å². The van der Waals surface area contributed by atoms with Gasteiger partial charge in [0.1, 0.15) is 0 Å². The Morgan fingerprint density at radius 3 is 2.35 bits per heavy atom. The van der Waals surface area contributed by atoms with Gasteiger partial charge in [0.05, 0.1) is 19.2 Å². The summed E-state index contributed by atoms with van der Waals surface area (Å²) in [4.78, 5) is 6.03. The van der Waals surface area contributed by atoms with Crippen LogP contribution < -0.4 is 9.47 Å². The molecule has 1 heterocycles. The molecule has 0 atom stereocenters. The van der Waals surface area contributed by atoms with E-state index in [1.165, 1.54) is 25.3 Å². The third-order valence-corrected chi connectivity index (χ3v) is 4.24. The molecule has 1 aromatic heterocycles. The smallest absolute Gasteiger partial charge is 0.416 e. The van der Waals surface area contributed by atoms with Gasteiger partial charge in [0.25, 0.3) is 0 Å². The molecule has 166 valence electrons. The van der Waals surface area contributed by atoms with Crippen molar-refractivity contribution in [2.24, 2.45) is 0 Å². The van der Waals surface area contributed by atoms with Gasteiger partial charge in [0, 0.05) is 12.1 Å². The summed E-state index contributed by atoms with van der Waals surface area (Å²) in [5.74, 6) is 0.546. The van der Waals surface area contributed by atoms with Gasteiger partial charge in [-0.05, 0) is 36.9 Å². The number of nitrogens with zero attached hydrogens (tertiary/aromatic N) is 3. The lowest BCUT2D eigenvalue weighted by Crippen LogP contribution is -2.17. The second-order valence-electron chi connectivity index (χ2n) is 6.62. The molecule has 0 aliphatic rings. The summed E-state index contributed by atoms with van der Waals surface area (Å²) in [6.07, 6.45) is -4.42. The van der Waals surface area contributed by atoms with Crippen LogP contribution in [0.5, 0.6) is 11.5 Å². The van der Waals surface area contributed by atoms with Crippen molar-refractivity contribution in [2.75, 3.05) is 14.2 Å². The van der Waals surface area contributed by atoms with Crippen molar-refractivity contribution in [2.45, 2.75) is 25.9 Å². The zero-order valence-corrected chi connectivity index (χ0v) is 16.5. The SMILES string of the molecule is COc1cc(CN(C)Cc2nc(-c3ccc(C(F)(F)F)cc3)no2)ccc1OC(F)F. The van der Waals surface area contributed by atoms with Crippen LogP contribution in [0.4, 0.5) is 22.0 Å². The molecule has 0 amide bonds. The topological polar surface area (TPSA) is 60.6 Å². The summed E-state index contributed by atoms with van der Waals surface area (Å²) in [6.45, 7) is -2.30. The second kappa shape index (κ2) is 9.29. The van der Waals surface area contributed by atoms with Crippen LogP contribution in [0.1, 0.15) is 17.0 Å². The summed E-state index contributed by atoms with van der Waals surface area (Å²) in [5, 5.41) is 3.80. The Morgan fingerprint density at radius 2 is 1.74 bits per heavy atom. The Balaban J connectivity index is 1.64. The Hall–Kier alpha value is -3.21. The molecule has 0 saturated heterocycles. The van der Waals surface area contributed by atoms with Crippen LogP contribution in [0.3, 0.4) is 0 Å². The zero-order chi connectivity index (χ0) is 22.6. The van der Waals surface area contributed by atoms with E-state index >= 15 is 0 Å². The van der Waals surface area contributed by atoms with Gasteiger partial charge < -0.3 is 14.0 Å². The van der Waals surface area contributed by atoms with Crippen molar-refractivity contribution < 1.29 is 35.9 Å². The third kappa shape index (κ3) is 5.91. The highest BCUT2D eigenvalue weighted by molar-refractivity contribution is 5.54. The van der Waals surface area contributed by atoms with Gasteiger partial charge in [-0.1, -0.05) is 23.4 Å². The maximum Gasteiger partial charge on any atom is 0.416 e. The van der Waals surface area contributed by atoms with Crippen LogP contribution in [0, 0.1) is 0 Å². The van der Waals surface area contributed by atoms with E-state index < -0.39 is 18.4 Å². The minimum absolute atomic E-state index is 0.0676. The zero-order valence-electron chi connectivity index (χ0n) is 16.5. The van der Waals surface area contributed by atoms with E-state index in [0.717, 1.165) is 17.7 Å². The summed E-state index contributed by atoms with van der Waals surface area (Å²) >= 11 is 0. The molecule has 0 radical (unpaired) electrons. The lowest BCUT2D eigenvalue weighted by molar-refractivity contribution is -0.137. The molecule has 0 aliphatic heterocycles. The van der Waals surface area contributed by atoms with E-state index in [-0.39, 0.29) is 29.8 Å². The van der Waals surface area contributed by atoms with Crippen LogP contribution in [0.2, 0.25) is 0 Å². The highest BCUT2D eigenvalue weighted by Gasteiger charge is 2.30. The quantitative estimate of drug-likeness (QED) is 0.457. The van der Waals surface area contributed by atoms with Crippen molar-refractivity contribution in [3.63, 3.8) is 0 Å². The molecule has 31 heavy (non-hydrogen) atoms. The molecule has 0 bridgehead atoms. The van der Waals surface area contributed by atoms with Crippen molar-refractivity contribution in [1.82, 2.24) is 15.0 Å². The number of hydrogen-bond donors (Lipinski definition) is 0. The number of ether oxygens (including phenoxy) is 2. The van der Waals surface area contributed by atoms with Crippen molar-refractivity contribution in [3.05, 3.63) is 59.5 Å². The largest absolute Gasteiger partial charge is 0.493 e. The number of aromatic nitrogens is 2. The fourth-order valence-corrected chi connectivity index (χ4v) is 2.85. The first-order chi connectivity index (χ1) is 14.7. The first-order valence-electron chi connectivity index (χ1n) is 8.96. The predicted molar refractivity (Wildman–Crippen MR) is 99.5 cm³/mol. The lowest BCUT2D eigenvalue weighted by atomic mass is 10.1. The Kier molecular flexibility index (Phi) is 6.74. The molecule has 2 aromatic carbocycles. The molecule has 0 saturated carbocycles. The molecule has 3 aromatic rings. The first-order valence-corrected chi connectivity index (χ1v) is 8.96. The summed E-state index contributed by atoms with van der Waals surface area (Å²) < 4.78 is 77.5. The Morgan fingerprint density at radius 1 is 1.03 bits per heavy atom. The number of methoxy groups -OCH3 is 1. The number of rotatable bonds is 8. The molecule has 0 fully saturated rings. The Bertz CT molecular complexity index is 1010. The van der Waals surface area contributed by atoms with Gasteiger partial charge >= 0.3 is 12.8 Å². The highest BCUT2D eigenvalue weighted by atomic mass is 19.4. The minimum atomic E-state index is -4.42. The predicted octanol–water partition coefficient (Wildman–Crippen LogP) is 5.00. The van der Waals surface area contributed by atoms with E-state index in [1.54, 1.807) is 19.2 Å². The molecular weight excluding hydrogens is 425 g/mol. The van der Waals surface area contributed by atoms with Gasteiger partial charge in [-0.2, -0.15) is 26.9 Å². The van der Waals surface area contributed by atoms with Crippen LogP contribution >= 0.6 is 0 Å². The molecule has 11 heteroatoms. The second-order valence-corrected chi connectivity index (χ2v) is 6.62. The molecule has 0 N–H and O–H groups in total. The van der Waals surface area contributed by atoms with E-state index in [0.29, 0.717) is 12.1 Å². The number of benzene rings is 2. The van der Waals surface area contributed by atoms with Gasteiger partial charge in [-0.15, -0.1) is 0 Å². The van der Waals surface area contributed by atoms with Gasteiger partial charge in [0.15, 0.2) is 11.5 Å². The van der Waals surface area contributed by atoms with E-state index in [9.17, 15) is 22.0 Å². The summed E-state index contributed by atoms with van der Waals surface area (Å²) in [5.41, 5.74) is 0.397. The molecule has 0 aliphatic carbocycles. The highest BCUT2D eigenvalue weighted by Crippen LogP contribution is 2.31. The standard InChI is InChI=1S/C20H18F5N3O3/c1-28(10-12-3-8-15(30-19(21)22)16(9-12)29-2)11-17-26-18(27-31-17)13-4-6-14(7-5-13)20(23,24)25/h3-9,19H,10-11H2,1-2H3. The number of alkyl halides is 5. The van der Waals surface area contributed by atoms with E-state index in [1.807, 2.05) is 4.90 Å².